The van der Waals surface area contributed by atoms with E-state index in [0.717, 1.165) is 30.4 Å². The Morgan fingerprint density at radius 2 is 2.19 bits per heavy atom. The number of thioether (sulfide) groups is 1. The highest BCUT2D eigenvalue weighted by molar-refractivity contribution is 8.01. The molecule has 3 heterocycles. The molecule has 0 N–H and O–H groups in total. The Morgan fingerprint density at radius 1 is 1.33 bits per heavy atom. The van der Waals surface area contributed by atoms with E-state index in [-0.39, 0.29) is 0 Å². The van der Waals surface area contributed by atoms with Gasteiger partial charge in [-0.3, -0.25) is 4.90 Å². The van der Waals surface area contributed by atoms with Gasteiger partial charge in [0.05, 0.1) is 6.10 Å². The molecular weight excluding hydrogens is 286 g/mol. The minimum atomic E-state index is 0.348. The Balaban J connectivity index is 1.32. The number of hydrogen-bond acceptors (Lipinski definition) is 5. The van der Waals surface area contributed by atoms with Gasteiger partial charge in [0.1, 0.15) is 0 Å². The third kappa shape index (κ3) is 2.62. The highest BCUT2D eigenvalue weighted by Crippen LogP contribution is 2.46. The predicted octanol–water partition coefficient (Wildman–Crippen LogP) is 2.51. The van der Waals surface area contributed by atoms with Crippen LogP contribution in [0.25, 0.3) is 0 Å². The molecule has 3 aliphatic rings. The molecule has 21 heavy (non-hydrogen) atoms. The first-order valence-electron chi connectivity index (χ1n) is 7.63. The van der Waals surface area contributed by atoms with E-state index in [9.17, 15) is 0 Å². The van der Waals surface area contributed by atoms with Crippen LogP contribution in [0.1, 0.15) is 18.9 Å². The fourth-order valence-corrected chi connectivity index (χ4v) is 5.15. The van der Waals surface area contributed by atoms with Crippen molar-refractivity contribution >= 4 is 11.8 Å². The van der Waals surface area contributed by atoms with Gasteiger partial charge in [-0.1, -0.05) is 6.07 Å². The Hall–Kier alpha value is -0.910. The summed E-state index contributed by atoms with van der Waals surface area (Å²) < 4.78 is 17.0. The zero-order valence-corrected chi connectivity index (χ0v) is 13.2. The van der Waals surface area contributed by atoms with Crippen molar-refractivity contribution in [1.82, 2.24) is 4.90 Å². The van der Waals surface area contributed by atoms with Gasteiger partial charge in [0.25, 0.3) is 0 Å². The Kier molecular flexibility index (Phi) is 3.52. The number of benzene rings is 1. The molecule has 0 saturated carbocycles. The molecule has 5 heteroatoms. The monoisotopic (exact) mass is 307 g/mol. The van der Waals surface area contributed by atoms with Crippen molar-refractivity contribution in [2.24, 2.45) is 0 Å². The highest BCUT2D eigenvalue weighted by atomic mass is 32.2. The number of hydrogen-bond donors (Lipinski definition) is 0. The van der Waals surface area contributed by atoms with E-state index in [1.165, 1.54) is 25.1 Å². The van der Waals surface area contributed by atoms with Crippen LogP contribution in [-0.4, -0.2) is 48.0 Å². The van der Waals surface area contributed by atoms with Crippen molar-refractivity contribution in [3.63, 3.8) is 0 Å². The van der Waals surface area contributed by atoms with Crippen LogP contribution in [0.4, 0.5) is 0 Å². The average Bonchev–Trinajstić information content (AvgIpc) is 3.05. The topological polar surface area (TPSA) is 30.9 Å². The Bertz CT molecular complexity index is 530. The maximum absolute atomic E-state index is 5.77. The van der Waals surface area contributed by atoms with E-state index in [0.29, 0.717) is 17.6 Å². The van der Waals surface area contributed by atoms with Crippen LogP contribution in [0.15, 0.2) is 18.2 Å². The zero-order chi connectivity index (χ0) is 14.3. The van der Waals surface area contributed by atoms with Gasteiger partial charge in [-0.25, -0.2) is 0 Å². The van der Waals surface area contributed by atoms with Crippen molar-refractivity contribution < 1.29 is 14.2 Å². The van der Waals surface area contributed by atoms with Gasteiger partial charge in [-0.2, -0.15) is 0 Å². The number of likely N-dealkylation sites (tertiary alicyclic amines) is 1. The lowest BCUT2D eigenvalue weighted by molar-refractivity contribution is 0.0417. The van der Waals surface area contributed by atoms with Gasteiger partial charge >= 0.3 is 0 Å². The molecule has 0 unspecified atom stereocenters. The number of nitrogens with zero attached hydrogens (tertiary/aromatic N) is 1. The number of rotatable bonds is 4. The summed E-state index contributed by atoms with van der Waals surface area (Å²) >= 11 is 2.10. The molecule has 1 spiro atoms. The summed E-state index contributed by atoms with van der Waals surface area (Å²) in [4.78, 5) is 2.51. The van der Waals surface area contributed by atoms with Crippen LogP contribution in [0.5, 0.6) is 11.5 Å². The van der Waals surface area contributed by atoms with Gasteiger partial charge in [0, 0.05) is 36.7 Å². The summed E-state index contributed by atoms with van der Waals surface area (Å²) in [7, 11) is 0. The lowest BCUT2D eigenvalue weighted by Crippen LogP contribution is -2.58. The van der Waals surface area contributed by atoms with Crippen LogP contribution in [-0.2, 0) is 11.3 Å². The third-order valence-electron chi connectivity index (χ3n) is 4.44. The van der Waals surface area contributed by atoms with Crippen molar-refractivity contribution in [1.29, 1.82) is 0 Å². The van der Waals surface area contributed by atoms with E-state index in [2.05, 4.69) is 35.7 Å². The zero-order valence-electron chi connectivity index (χ0n) is 12.3. The second kappa shape index (κ2) is 5.38. The molecule has 0 aliphatic carbocycles. The van der Waals surface area contributed by atoms with E-state index in [4.69, 9.17) is 14.2 Å². The van der Waals surface area contributed by atoms with Crippen molar-refractivity contribution in [3.8, 4) is 11.5 Å². The molecule has 0 amide bonds. The second-order valence-electron chi connectivity index (χ2n) is 6.11. The minimum Gasteiger partial charge on any atom is -0.454 e. The normalized spacial score (nSPS) is 26.2. The number of ether oxygens (including phenoxy) is 3. The maximum atomic E-state index is 5.77. The standard InChI is InChI=1S/C16H21NO3S/c1-2-18-13-6-16(21-8-13)9-17(10-16)7-12-3-4-14-15(5-12)20-11-19-14/h3-5,13H,2,6-11H2,1H3/t13-/m0/s1. The molecule has 1 aromatic carbocycles. The lowest BCUT2D eigenvalue weighted by atomic mass is 9.92. The third-order valence-corrected chi connectivity index (χ3v) is 6.02. The first kappa shape index (κ1) is 13.7. The van der Waals surface area contributed by atoms with Crippen molar-refractivity contribution in [3.05, 3.63) is 23.8 Å². The summed E-state index contributed by atoms with van der Waals surface area (Å²) in [5.74, 6) is 2.91. The molecule has 114 valence electrons. The molecule has 0 aromatic heterocycles. The van der Waals surface area contributed by atoms with Crippen LogP contribution >= 0.6 is 11.8 Å². The van der Waals surface area contributed by atoms with Crippen LogP contribution in [0, 0.1) is 0 Å². The summed E-state index contributed by atoms with van der Waals surface area (Å²) in [5, 5.41) is 0. The largest absolute Gasteiger partial charge is 0.454 e. The summed E-state index contributed by atoms with van der Waals surface area (Å²) in [5.41, 5.74) is 1.30. The SMILES string of the molecule is CCO[C@@H]1CSC2(C1)CN(Cc1ccc3c(c1)OCO3)C2. The summed E-state index contributed by atoms with van der Waals surface area (Å²) in [6.45, 7) is 6.62. The van der Waals surface area contributed by atoms with Crippen LogP contribution in [0.3, 0.4) is 0 Å². The first-order valence-corrected chi connectivity index (χ1v) is 8.61. The fraction of sp³-hybridized carbons (Fsp3) is 0.625. The molecule has 0 bridgehead atoms. The fourth-order valence-electron chi connectivity index (χ4n) is 3.54. The molecule has 2 fully saturated rings. The summed E-state index contributed by atoms with van der Waals surface area (Å²) in [6, 6.07) is 6.27. The molecule has 4 rings (SSSR count). The molecule has 4 nitrogen and oxygen atoms in total. The smallest absolute Gasteiger partial charge is 0.231 e. The van der Waals surface area contributed by atoms with Crippen LogP contribution < -0.4 is 9.47 Å². The van der Waals surface area contributed by atoms with Crippen molar-refractivity contribution in [2.45, 2.75) is 30.7 Å². The predicted molar refractivity (Wildman–Crippen MR) is 83.1 cm³/mol. The molecule has 1 aromatic rings. The lowest BCUT2D eigenvalue weighted by Gasteiger charge is -2.47. The maximum Gasteiger partial charge on any atom is 0.231 e. The van der Waals surface area contributed by atoms with Gasteiger partial charge in [0.2, 0.25) is 6.79 Å². The van der Waals surface area contributed by atoms with Gasteiger partial charge in [-0.15, -0.1) is 11.8 Å². The van der Waals surface area contributed by atoms with Crippen molar-refractivity contribution in [2.75, 3.05) is 32.2 Å². The van der Waals surface area contributed by atoms with E-state index >= 15 is 0 Å². The molecule has 3 aliphatic heterocycles. The van der Waals surface area contributed by atoms with Gasteiger partial charge < -0.3 is 14.2 Å². The average molecular weight is 307 g/mol. The first-order chi connectivity index (χ1) is 10.3. The molecule has 2 saturated heterocycles. The van der Waals surface area contributed by atoms with Crippen LogP contribution in [0.2, 0.25) is 0 Å². The summed E-state index contributed by atoms with van der Waals surface area (Å²) in [6.07, 6.45) is 1.68. The molecule has 1 atom stereocenters. The quantitative estimate of drug-likeness (QED) is 0.853. The number of fused-ring (bicyclic) bond motifs is 1. The highest BCUT2D eigenvalue weighted by Gasteiger charge is 2.49. The molecular formula is C16H21NO3S. The molecule has 0 radical (unpaired) electrons. The second-order valence-corrected chi connectivity index (χ2v) is 7.60. The van der Waals surface area contributed by atoms with Gasteiger partial charge in [-0.05, 0) is 31.0 Å². The Labute approximate surface area is 129 Å². The van der Waals surface area contributed by atoms with E-state index in [1.54, 1.807) is 0 Å². The van der Waals surface area contributed by atoms with E-state index in [1.807, 2.05) is 6.07 Å². The Morgan fingerprint density at radius 3 is 3.05 bits per heavy atom. The van der Waals surface area contributed by atoms with E-state index < -0.39 is 0 Å². The van der Waals surface area contributed by atoms with Gasteiger partial charge in [0.15, 0.2) is 11.5 Å². The minimum absolute atomic E-state index is 0.348.